The Morgan fingerprint density at radius 1 is 1.30 bits per heavy atom. The molecule has 23 heavy (non-hydrogen) atoms. The highest BCUT2D eigenvalue weighted by atomic mass is 19.4. The van der Waals surface area contributed by atoms with E-state index < -0.39 is 23.6 Å². The third kappa shape index (κ3) is 3.61. The van der Waals surface area contributed by atoms with Gasteiger partial charge in [0.2, 0.25) is 0 Å². The van der Waals surface area contributed by atoms with Crippen molar-refractivity contribution >= 4 is 6.09 Å². The topological polar surface area (TPSA) is 47.4 Å². The summed E-state index contributed by atoms with van der Waals surface area (Å²) >= 11 is 0. The first-order chi connectivity index (χ1) is 10.4. The second-order valence-electron chi connectivity index (χ2n) is 6.81. The molecule has 0 saturated heterocycles. The van der Waals surface area contributed by atoms with Gasteiger partial charge < -0.3 is 4.74 Å². The number of aromatic nitrogens is 2. The maximum atomic E-state index is 13.2. The van der Waals surface area contributed by atoms with Gasteiger partial charge in [-0.2, -0.15) is 18.3 Å². The van der Waals surface area contributed by atoms with E-state index >= 15 is 0 Å². The summed E-state index contributed by atoms with van der Waals surface area (Å²) in [6.45, 7) is 8.80. The van der Waals surface area contributed by atoms with Crippen molar-refractivity contribution in [3.8, 4) is 0 Å². The summed E-state index contributed by atoms with van der Waals surface area (Å²) in [4.78, 5) is 13.4. The van der Waals surface area contributed by atoms with Crippen molar-refractivity contribution in [2.24, 2.45) is 0 Å². The molecule has 1 aromatic heterocycles. The number of carbonyl (C=O) groups excluding carboxylic acids is 1. The van der Waals surface area contributed by atoms with E-state index in [0.29, 0.717) is 12.1 Å². The van der Waals surface area contributed by atoms with Gasteiger partial charge in [-0.25, -0.2) is 4.79 Å². The smallest absolute Gasteiger partial charge is 0.435 e. The van der Waals surface area contributed by atoms with Crippen LogP contribution in [0.5, 0.6) is 0 Å². The van der Waals surface area contributed by atoms with Crippen LogP contribution in [0.15, 0.2) is 0 Å². The minimum atomic E-state index is -4.53. The van der Waals surface area contributed by atoms with Crippen LogP contribution in [0.25, 0.3) is 0 Å². The van der Waals surface area contributed by atoms with Gasteiger partial charge in [-0.15, -0.1) is 0 Å². The number of alkyl halides is 3. The molecule has 0 saturated carbocycles. The highest BCUT2D eigenvalue weighted by Crippen LogP contribution is 2.38. The molecule has 1 aliphatic rings. The first-order valence-corrected chi connectivity index (χ1v) is 7.59. The molecule has 1 amide bonds. The van der Waals surface area contributed by atoms with E-state index in [1.165, 1.54) is 9.58 Å². The molecule has 1 aliphatic heterocycles. The molecule has 0 aliphatic carbocycles. The minimum absolute atomic E-state index is 0.0728. The van der Waals surface area contributed by atoms with E-state index in [1.54, 1.807) is 20.8 Å². The van der Waals surface area contributed by atoms with Gasteiger partial charge in [0.15, 0.2) is 5.69 Å². The van der Waals surface area contributed by atoms with Crippen molar-refractivity contribution in [3.05, 3.63) is 17.0 Å². The maximum absolute atomic E-state index is 13.2. The zero-order chi connectivity index (χ0) is 17.6. The fraction of sp³-hybridized carbons (Fsp3) is 0.733. The number of rotatable bonds is 2. The lowest BCUT2D eigenvalue weighted by Crippen LogP contribution is -2.34. The Hall–Kier alpha value is -1.73. The Morgan fingerprint density at radius 3 is 2.39 bits per heavy atom. The van der Waals surface area contributed by atoms with Crippen LogP contribution in [0.1, 0.15) is 64.0 Å². The number of halogens is 3. The van der Waals surface area contributed by atoms with E-state index in [0.717, 1.165) is 0 Å². The Bertz CT molecular complexity index is 602. The van der Waals surface area contributed by atoms with Crippen LogP contribution in [0, 0.1) is 0 Å². The SMILES string of the molecule is CCC(C)n1nc(C(F)(F)F)c2c1CN(C(=O)OC(C)(C)C)C2. The number of fused-ring (bicyclic) bond motifs is 1. The molecule has 0 fully saturated rings. The summed E-state index contributed by atoms with van der Waals surface area (Å²) in [5.74, 6) is 0. The zero-order valence-electron chi connectivity index (χ0n) is 14.0. The third-order valence-electron chi connectivity index (χ3n) is 3.74. The predicted octanol–water partition coefficient (Wildman–Crippen LogP) is 4.12. The minimum Gasteiger partial charge on any atom is -0.444 e. The van der Waals surface area contributed by atoms with E-state index in [-0.39, 0.29) is 24.7 Å². The molecule has 1 unspecified atom stereocenters. The average Bonchev–Trinajstić information content (AvgIpc) is 2.92. The van der Waals surface area contributed by atoms with Crippen LogP contribution in [0.3, 0.4) is 0 Å². The van der Waals surface area contributed by atoms with Crippen LogP contribution in [0.2, 0.25) is 0 Å². The van der Waals surface area contributed by atoms with Gasteiger partial charge in [0.05, 0.1) is 18.8 Å². The lowest BCUT2D eigenvalue weighted by Gasteiger charge is -2.24. The summed E-state index contributed by atoms with van der Waals surface area (Å²) in [7, 11) is 0. The van der Waals surface area contributed by atoms with Gasteiger partial charge in [-0.1, -0.05) is 6.92 Å². The highest BCUT2D eigenvalue weighted by molar-refractivity contribution is 5.69. The monoisotopic (exact) mass is 333 g/mol. The van der Waals surface area contributed by atoms with Gasteiger partial charge >= 0.3 is 12.3 Å². The Morgan fingerprint density at radius 2 is 1.91 bits per heavy atom. The molecule has 0 bridgehead atoms. The van der Waals surface area contributed by atoms with E-state index in [9.17, 15) is 18.0 Å². The molecular formula is C15H22F3N3O2. The molecule has 130 valence electrons. The number of nitrogens with zero attached hydrogens (tertiary/aromatic N) is 3. The van der Waals surface area contributed by atoms with Crippen molar-refractivity contribution < 1.29 is 22.7 Å². The van der Waals surface area contributed by atoms with E-state index in [4.69, 9.17) is 4.74 Å². The lowest BCUT2D eigenvalue weighted by atomic mass is 10.2. The highest BCUT2D eigenvalue weighted by Gasteiger charge is 2.43. The molecule has 0 N–H and O–H groups in total. The van der Waals surface area contributed by atoms with Gasteiger partial charge in [0, 0.05) is 11.6 Å². The van der Waals surface area contributed by atoms with Crippen molar-refractivity contribution in [2.75, 3.05) is 0 Å². The molecule has 1 aromatic rings. The molecule has 8 heteroatoms. The normalized spacial score (nSPS) is 16.4. The summed E-state index contributed by atoms with van der Waals surface area (Å²) in [5.41, 5.74) is -1.08. The van der Waals surface area contributed by atoms with Crippen LogP contribution >= 0.6 is 0 Å². The third-order valence-corrected chi connectivity index (χ3v) is 3.74. The molecule has 2 heterocycles. The van der Waals surface area contributed by atoms with Crippen LogP contribution < -0.4 is 0 Å². The quantitative estimate of drug-likeness (QED) is 0.818. The number of ether oxygens (including phenoxy) is 1. The van der Waals surface area contributed by atoms with Crippen molar-refractivity contribution in [1.29, 1.82) is 0 Å². The lowest BCUT2D eigenvalue weighted by molar-refractivity contribution is -0.142. The zero-order valence-corrected chi connectivity index (χ0v) is 14.0. The Kier molecular flexibility index (Phi) is 4.38. The fourth-order valence-electron chi connectivity index (χ4n) is 2.49. The molecule has 0 radical (unpaired) electrons. The van der Waals surface area contributed by atoms with Gasteiger partial charge in [-0.3, -0.25) is 9.58 Å². The molecule has 0 aromatic carbocycles. The summed E-state index contributed by atoms with van der Waals surface area (Å²) in [6.07, 6.45) is -4.50. The number of hydrogen-bond donors (Lipinski definition) is 0. The van der Waals surface area contributed by atoms with E-state index in [2.05, 4.69) is 5.10 Å². The largest absolute Gasteiger partial charge is 0.444 e. The Labute approximate surface area is 133 Å². The van der Waals surface area contributed by atoms with Crippen molar-refractivity contribution in [2.45, 2.75) is 71.9 Å². The summed E-state index contributed by atoms with van der Waals surface area (Å²) in [5, 5.41) is 3.76. The summed E-state index contributed by atoms with van der Waals surface area (Å²) in [6, 6.07) is -0.168. The van der Waals surface area contributed by atoms with Crippen molar-refractivity contribution in [1.82, 2.24) is 14.7 Å². The van der Waals surface area contributed by atoms with Gasteiger partial charge in [-0.05, 0) is 34.1 Å². The van der Waals surface area contributed by atoms with Crippen molar-refractivity contribution in [3.63, 3.8) is 0 Å². The fourth-order valence-corrected chi connectivity index (χ4v) is 2.49. The molecule has 1 atom stereocenters. The predicted molar refractivity (Wildman–Crippen MR) is 77.7 cm³/mol. The average molecular weight is 333 g/mol. The molecule has 5 nitrogen and oxygen atoms in total. The number of amides is 1. The molecular weight excluding hydrogens is 311 g/mol. The van der Waals surface area contributed by atoms with Gasteiger partial charge in [0.1, 0.15) is 5.60 Å². The van der Waals surface area contributed by atoms with Gasteiger partial charge in [0.25, 0.3) is 0 Å². The molecule has 0 spiro atoms. The number of carbonyl (C=O) groups is 1. The molecule has 2 rings (SSSR count). The van der Waals surface area contributed by atoms with E-state index in [1.807, 2.05) is 13.8 Å². The second-order valence-corrected chi connectivity index (χ2v) is 6.81. The first kappa shape index (κ1) is 17.6. The van der Waals surface area contributed by atoms with Crippen LogP contribution in [0.4, 0.5) is 18.0 Å². The second kappa shape index (κ2) is 5.72. The van der Waals surface area contributed by atoms with Crippen LogP contribution in [-0.2, 0) is 24.0 Å². The maximum Gasteiger partial charge on any atom is 0.435 e. The number of hydrogen-bond acceptors (Lipinski definition) is 3. The standard InChI is InChI=1S/C15H22F3N3O2/c1-6-9(2)21-11-8-20(13(22)23-14(3,4)5)7-10(11)12(19-21)15(16,17)18/h9H,6-8H2,1-5H3. The Balaban J connectivity index is 2.33. The summed E-state index contributed by atoms with van der Waals surface area (Å²) < 4.78 is 46.3. The van der Waals surface area contributed by atoms with Crippen LogP contribution in [-0.4, -0.2) is 26.4 Å². The first-order valence-electron chi connectivity index (χ1n) is 7.59.